The molecule has 1 aromatic heterocycles. The van der Waals surface area contributed by atoms with Gasteiger partial charge in [0.05, 0.1) is 17.6 Å². The van der Waals surface area contributed by atoms with Crippen LogP contribution in [-0.2, 0) is 17.8 Å². The van der Waals surface area contributed by atoms with E-state index >= 15 is 0 Å². The van der Waals surface area contributed by atoms with Gasteiger partial charge in [-0.05, 0) is 12.1 Å². The van der Waals surface area contributed by atoms with Crippen molar-refractivity contribution in [2.45, 2.75) is 19.9 Å². The summed E-state index contributed by atoms with van der Waals surface area (Å²) >= 11 is 0. The van der Waals surface area contributed by atoms with Gasteiger partial charge in [0.25, 0.3) is 0 Å². The van der Waals surface area contributed by atoms with Crippen LogP contribution in [0.1, 0.15) is 18.2 Å². The van der Waals surface area contributed by atoms with Gasteiger partial charge in [-0.15, -0.1) is 0 Å². The minimum Gasteiger partial charge on any atom is -0.338 e. The van der Waals surface area contributed by atoms with E-state index in [1.807, 2.05) is 46.1 Å². The van der Waals surface area contributed by atoms with Crippen LogP contribution >= 0.6 is 0 Å². The predicted molar refractivity (Wildman–Crippen MR) is 68.4 cm³/mol. The number of benzene rings is 1. The lowest BCUT2D eigenvalue weighted by atomic mass is 10.1. The Kier molecular flexibility index (Phi) is 2.63. The lowest BCUT2D eigenvalue weighted by Crippen LogP contribution is -2.34. The molecule has 0 aliphatic carbocycles. The fourth-order valence-electron chi connectivity index (χ4n) is 2.39. The standard InChI is InChI=1S/C14H15N3O/c1-11(18)16-8-7-14-12(10-16)9-15-17(14)13-5-3-2-4-6-13/h2-6,9H,7-8,10H2,1H3. The summed E-state index contributed by atoms with van der Waals surface area (Å²) in [6, 6.07) is 10.1. The van der Waals surface area contributed by atoms with Crippen molar-refractivity contribution >= 4 is 5.91 Å². The van der Waals surface area contributed by atoms with Gasteiger partial charge >= 0.3 is 0 Å². The Morgan fingerprint density at radius 1 is 1.28 bits per heavy atom. The highest BCUT2D eigenvalue weighted by Crippen LogP contribution is 2.21. The number of carbonyl (C=O) groups excluding carboxylic acids is 1. The van der Waals surface area contributed by atoms with Crippen LogP contribution in [0.25, 0.3) is 5.69 Å². The molecule has 0 bridgehead atoms. The van der Waals surface area contributed by atoms with Gasteiger partial charge in [0.1, 0.15) is 0 Å². The highest BCUT2D eigenvalue weighted by molar-refractivity contribution is 5.73. The fourth-order valence-corrected chi connectivity index (χ4v) is 2.39. The largest absolute Gasteiger partial charge is 0.338 e. The molecule has 2 heterocycles. The summed E-state index contributed by atoms with van der Waals surface area (Å²) < 4.78 is 1.98. The second kappa shape index (κ2) is 4.29. The summed E-state index contributed by atoms with van der Waals surface area (Å²) in [5.74, 6) is 0.133. The van der Waals surface area contributed by atoms with Crippen LogP contribution in [0, 0.1) is 0 Å². The van der Waals surface area contributed by atoms with Gasteiger partial charge in [-0.2, -0.15) is 5.10 Å². The van der Waals surface area contributed by atoms with E-state index in [0.29, 0.717) is 6.54 Å². The van der Waals surface area contributed by atoms with Crippen LogP contribution < -0.4 is 0 Å². The molecule has 0 radical (unpaired) electrons. The molecule has 4 nitrogen and oxygen atoms in total. The maximum Gasteiger partial charge on any atom is 0.219 e. The van der Waals surface area contributed by atoms with E-state index in [1.54, 1.807) is 6.92 Å². The first kappa shape index (κ1) is 11.0. The molecule has 0 fully saturated rings. The van der Waals surface area contributed by atoms with Crippen molar-refractivity contribution in [1.82, 2.24) is 14.7 Å². The zero-order chi connectivity index (χ0) is 12.5. The van der Waals surface area contributed by atoms with Gasteiger partial charge in [0, 0.05) is 32.0 Å². The number of hydrogen-bond acceptors (Lipinski definition) is 2. The Labute approximate surface area is 106 Å². The maximum atomic E-state index is 11.4. The van der Waals surface area contributed by atoms with Gasteiger partial charge < -0.3 is 4.90 Å². The summed E-state index contributed by atoms with van der Waals surface area (Å²) in [5.41, 5.74) is 3.45. The van der Waals surface area contributed by atoms with Crippen LogP contribution in [0.2, 0.25) is 0 Å². The molecule has 1 aromatic carbocycles. The molecule has 92 valence electrons. The Balaban J connectivity index is 1.96. The second-order valence-electron chi connectivity index (χ2n) is 4.55. The Morgan fingerprint density at radius 2 is 2.06 bits per heavy atom. The van der Waals surface area contributed by atoms with Crippen molar-refractivity contribution in [3.63, 3.8) is 0 Å². The molecule has 1 amide bonds. The van der Waals surface area contributed by atoms with E-state index in [2.05, 4.69) is 5.10 Å². The highest BCUT2D eigenvalue weighted by Gasteiger charge is 2.22. The summed E-state index contributed by atoms with van der Waals surface area (Å²) in [5, 5.41) is 4.44. The second-order valence-corrected chi connectivity index (χ2v) is 4.55. The van der Waals surface area contributed by atoms with E-state index in [-0.39, 0.29) is 5.91 Å². The number of nitrogens with zero attached hydrogens (tertiary/aromatic N) is 3. The van der Waals surface area contributed by atoms with E-state index < -0.39 is 0 Å². The zero-order valence-electron chi connectivity index (χ0n) is 10.3. The summed E-state index contributed by atoms with van der Waals surface area (Å²) in [6.45, 7) is 3.07. The van der Waals surface area contributed by atoms with Crippen molar-refractivity contribution in [1.29, 1.82) is 0 Å². The molecular formula is C14H15N3O. The first-order valence-electron chi connectivity index (χ1n) is 6.12. The number of para-hydroxylation sites is 1. The number of carbonyl (C=O) groups is 1. The van der Waals surface area contributed by atoms with E-state index in [4.69, 9.17) is 0 Å². The molecule has 0 N–H and O–H groups in total. The summed E-state index contributed by atoms with van der Waals surface area (Å²) in [4.78, 5) is 13.2. The fraction of sp³-hybridized carbons (Fsp3) is 0.286. The molecule has 1 aliphatic rings. The van der Waals surface area contributed by atoms with Gasteiger partial charge in [0.15, 0.2) is 0 Å². The van der Waals surface area contributed by atoms with Crippen molar-refractivity contribution in [3.05, 3.63) is 47.8 Å². The average Bonchev–Trinajstić information content (AvgIpc) is 2.82. The van der Waals surface area contributed by atoms with Gasteiger partial charge in [-0.1, -0.05) is 18.2 Å². The molecule has 0 unspecified atom stereocenters. The molecule has 0 atom stereocenters. The number of amides is 1. The van der Waals surface area contributed by atoms with Crippen molar-refractivity contribution in [2.75, 3.05) is 6.54 Å². The van der Waals surface area contributed by atoms with Crippen LogP contribution in [0.4, 0.5) is 0 Å². The molecule has 3 rings (SSSR count). The number of rotatable bonds is 1. The van der Waals surface area contributed by atoms with Gasteiger partial charge in [-0.3, -0.25) is 4.79 Å². The van der Waals surface area contributed by atoms with Crippen LogP contribution in [-0.4, -0.2) is 27.1 Å². The quantitative estimate of drug-likeness (QED) is 0.763. The zero-order valence-corrected chi connectivity index (χ0v) is 10.3. The lowest BCUT2D eigenvalue weighted by Gasteiger charge is -2.26. The molecular weight excluding hydrogens is 226 g/mol. The minimum absolute atomic E-state index is 0.133. The summed E-state index contributed by atoms with van der Waals surface area (Å²) in [6.07, 6.45) is 2.74. The maximum absolute atomic E-state index is 11.4. The third-order valence-electron chi connectivity index (χ3n) is 3.38. The van der Waals surface area contributed by atoms with E-state index in [0.717, 1.165) is 24.2 Å². The Hall–Kier alpha value is -2.10. The van der Waals surface area contributed by atoms with Crippen molar-refractivity contribution < 1.29 is 4.79 Å². The van der Waals surface area contributed by atoms with Gasteiger partial charge in [0.2, 0.25) is 5.91 Å². The van der Waals surface area contributed by atoms with Crippen molar-refractivity contribution in [2.24, 2.45) is 0 Å². The first-order valence-corrected chi connectivity index (χ1v) is 6.12. The number of aromatic nitrogens is 2. The molecule has 18 heavy (non-hydrogen) atoms. The molecule has 1 aliphatic heterocycles. The van der Waals surface area contributed by atoms with Crippen LogP contribution in [0.15, 0.2) is 36.5 Å². The van der Waals surface area contributed by atoms with Gasteiger partial charge in [-0.25, -0.2) is 4.68 Å². The third kappa shape index (κ3) is 1.79. The topological polar surface area (TPSA) is 38.1 Å². The van der Waals surface area contributed by atoms with Crippen LogP contribution in [0.3, 0.4) is 0 Å². The molecule has 0 saturated carbocycles. The smallest absolute Gasteiger partial charge is 0.219 e. The molecule has 4 heteroatoms. The molecule has 0 spiro atoms. The monoisotopic (exact) mass is 241 g/mol. The van der Waals surface area contributed by atoms with Crippen molar-refractivity contribution in [3.8, 4) is 5.69 Å². The third-order valence-corrected chi connectivity index (χ3v) is 3.38. The van der Waals surface area contributed by atoms with E-state index in [9.17, 15) is 4.79 Å². The Bertz CT molecular complexity index is 574. The number of fused-ring (bicyclic) bond motifs is 1. The Morgan fingerprint density at radius 3 is 2.78 bits per heavy atom. The SMILES string of the molecule is CC(=O)N1CCc2c(cnn2-c2ccccc2)C1. The molecule has 0 saturated heterocycles. The molecule has 2 aromatic rings. The number of hydrogen-bond donors (Lipinski definition) is 0. The highest BCUT2D eigenvalue weighted by atomic mass is 16.2. The summed E-state index contributed by atoms with van der Waals surface area (Å²) in [7, 11) is 0. The van der Waals surface area contributed by atoms with Crippen LogP contribution in [0.5, 0.6) is 0 Å². The van der Waals surface area contributed by atoms with E-state index in [1.165, 1.54) is 5.69 Å². The average molecular weight is 241 g/mol. The normalized spacial score (nSPS) is 14.4. The first-order chi connectivity index (χ1) is 8.75. The lowest BCUT2D eigenvalue weighted by molar-refractivity contribution is -0.129. The predicted octanol–water partition coefficient (Wildman–Crippen LogP) is 1.78. The minimum atomic E-state index is 0.133.